The number of rotatable bonds is 1. The van der Waals surface area contributed by atoms with Gasteiger partial charge in [0.25, 0.3) is 5.56 Å². The average Bonchev–Trinajstić information content (AvgIpc) is 2.69. The molecule has 2 aromatic heterocycles. The van der Waals surface area contributed by atoms with Gasteiger partial charge in [-0.2, -0.15) is 0 Å². The number of hydrogen-bond acceptors (Lipinski definition) is 2. The number of nitrogens with zero attached hydrogens (tertiary/aromatic N) is 2. The zero-order chi connectivity index (χ0) is 12.7. The third-order valence-electron chi connectivity index (χ3n) is 2.86. The molecular formula is C13H10FN3NaO. The van der Waals surface area contributed by atoms with Gasteiger partial charge in [-0.25, -0.2) is 13.9 Å². The summed E-state index contributed by atoms with van der Waals surface area (Å²) in [5.41, 5.74) is 2.83. The number of nitrogens with one attached hydrogen (secondary N) is 1. The molecule has 19 heavy (non-hydrogen) atoms. The van der Waals surface area contributed by atoms with E-state index in [0.29, 0.717) is 5.65 Å². The van der Waals surface area contributed by atoms with E-state index in [1.807, 2.05) is 6.92 Å². The van der Waals surface area contributed by atoms with Crippen LogP contribution in [0.2, 0.25) is 0 Å². The molecule has 0 bridgehead atoms. The fourth-order valence-corrected chi connectivity index (χ4v) is 2.05. The number of H-pyrrole nitrogens is 1. The van der Waals surface area contributed by atoms with Gasteiger partial charge in [0.2, 0.25) is 0 Å². The molecule has 0 saturated carbocycles. The van der Waals surface area contributed by atoms with Crippen LogP contribution in [0.15, 0.2) is 41.3 Å². The fourth-order valence-electron chi connectivity index (χ4n) is 2.05. The Kier molecular flexibility index (Phi) is 3.89. The average molecular weight is 266 g/mol. The number of aryl methyl sites for hydroxylation is 1. The summed E-state index contributed by atoms with van der Waals surface area (Å²) in [6.45, 7) is 1.85. The SMILES string of the molecule is Cc1[nH]n2c(=O)ccnc2c1-c1ccc(F)cc1.[Na]. The first kappa shape index (κ1) is 14.0. The molecule has 1 radical (unpaired) electrons. The van der Waals surface area contributed by atoms with E-state index in [1.54, 1.807) is 12.1 Å². The van der Waals surface area contributed by atoms with Gasteiger partial charge in [0.15, 0.2) is 5.65 Å². The second-order valence-corrected chi connectivity index (χ2v) is 4.06. The number of fused-ring (bicyclic) bond motifs is 1. The zero-order valence-electron chi connectivity index (χ0n) is 10.6. The van der Waals surface area contributed by atoms with E-state index in [-0.39, 0.29) is 40.9 Å². The van der Waals surface area contributed by atoms with Crippen LogP contribution in [-0.4, -0.2) is 44.2 Å². The molecule has 3 rings (SSSR count). The van der Waals surface area contributed by atoms with Crippen molar-refractivity contribution in [1.82, 2.24) is 14.6 Å². The monoisotopic (exact) mass is 266 g/mol. The number of hydrogen-bond donors (Lipinski definition) is 1. The summed E-state index contributed by atoms with van der Waals surface area (Å²) in [4.78, 5) is 15.9. The van der Waals surface area contributed by atoms with E-state index in [9.17, 15) is 9.18 Å². The molecule has 1 N–H and O–H groups in total. The third kappa shape index (κ3) is 2.36. The van der Waals surface area contributed by atoms with Crippen LogP contribution < -0.4 is 5.56 Å². The second kappa shape index (κ2) is 5.28. The molecule has 0 amide bonds. The maximum Gasteiger partial charge on any atom is 0.272 e. The van der Waals surface area contributed by atoms with Crippen molar-refractivity contribution in [3.05, 3.63) is 58.4 Å². The van der Waals surface area contributed by atoms with E-state index in [2.05, 4.69) is 10.1 Å². The molecule has 0 aliphatic carbocycles. The van der Waals surface area contributed by atoms with Crippen molar-refractivity contribution >= 4 is 35.2 Å². The number of aromatic nitrogens is 3. The Labute approximate surface area is 130 Å². The van der Waals surface area contributed by atoms with Gasteiger partial charge in [0.05, 0.1) is 0 Å². The molecular weight excluding hydrogens is 256 g/mol. The quantitative estimate of drug-likeness (QED) is 0.682. The molecule has 1 aromatic carbocycles. The summed E-state index contributed by atoms with van der Waals surface area (Å²) in [5, 5.41) is 2.96. The van der Waals surface area contributed by atoms with Gasteiger partial charge >= 0.3 is 0 Å². The summed E-state index contributed by atoms with van der Waals surface area (Å²) < 4.78 is 14.3. The number of aromatic amines is 1. The topological polar surface area (TPSA) is 50.2 Å². The normalized spacial score (nSPS) is 10.4. The number of benzene rings is 1. The molecule has 0 saturated heterocycles. The largest absolute Gasteiger partial charge is 0.293 e. The molecule has 91 valence electrons. The summed E-state index contributed by atoms with van der Waals surface area (Å²) in [6.07, 6.45) is 1.47. The van der Waals surface area contributed by atoms with Crippen LogP contribution in [0.1, 0.15) is 5.69 Å². The Balaban J connectivity index is 0.00000133. The number of halogens is 1. The summed E-state index contributed by atoms with van der Waals surface area (Å²) in [5.74, 6) is -0.290. The standard InChI is InChI=1S/C13H10FN3O.Na/c1-8-12(9-2-4-10(14)5-3-9)13-15-7-6-11(18)17(13)16-8;/h2-7,16H,1H3;. The maximum absolute atomic E-state index is 12.9. The van der Waals surface area contributed by atoms with Gasteiger partial charge in [-0.05, 0) is 24.6 Å². The van der Waals surface area contributed by atoms with Crippen molar-refractivity contribution in [2.24, 2.45) is 0 Å². The van der Waals surface area contributed by atoms with Gasteiger partial charge in [0, 0.05) is 53.1 Å². The van der Waals surface area contributed by atoms with Crippen molar-refractivity contribution in [3.8, 4) is 11.1 Å². The Morgan fingerprint density at radius 3 is 2.58 bits per heavy atom. The Hall–Kier alpha value is -1.43. The van der Waals surface area contributed by atoms with Crippen molar-refractivity contribution in [2.45, 2.75) is 6.92 Å². The van der Waals surface area contributed by atoms with Gasteiger partial charge in [-0.1, -0.05) is 12.1 Å². The fraction of sp³-hybridized carbons (Fsp3) is 0.0769. The molecule has 6 heteroatoms. The van der Waals surface area contributed by atoms with E-state index in [0.717, 1.165) is 16.8 Å². The minimum atomic E-state index is -0.290. The smallest absolute Gasteiger partial charge is 0.272 e. The van der Waals surface area contributed by atoms with Gasteiger partial charge < -0.3 is 0 Å². The molecule has 0 fully saturated rings. The van der Waals surface area contributed by atoms with Crippen LogP contribution in [0.25, 0.3) is 16.8 Å². The molecule has 0 spiro atoms. The van der Waals surface area contributed by atoms with E-state index in [1.165, 1.54) is 28.9 Å². The Morgan fingerprint density at radius 2 is 1.89 bits per heavy atom. The Bertz CT molecular complexity index is 777. The minimum Gasteiger partial charge on any atom is -0.293 e. The zero-order valence-corrected chi connectivity index (χ0v) is 12.6. The predicted octanol–water partition coefficient (Wildman–Crippen LogP) is 1.76. The molecule has 0 unspecified atom stereocenters. The van der Waals surface area contributed by atoms with Crippen LogP contribution in [0.5, 0.6) is 0 Å². The van der Waals surface area contributed by atoms with Crippen LogP contribution in [0.3, 0.4) is 0 Å². The predicted molar refractivity (Wildman–Crippen MR) is 71.7 cm³/mol. The first-order chi connectivity index (χ1) is 8.66. The van der Waals surface area contributed by atoms with Crippen LogP contribution in [0.4, 0.5) is 4.39 Å². The first-order valence-corrected chi connectivity index (χ1v) is 5.49. The van der Waals surface area contributed by atoms with Crippen molar-refractivity contribution in [2.75, 3.05) is 0 Å². The van der Waals surface area contributed by atoms with Crippen LogP contribution in [-0.2, 0) is 0 Å². The van der Waals surface area contributed by atoms with Crippen molar-refractivity contribution in [1.29, 1.82) is 0 Å². The molecule has 4 nitrogen and oxygen atoms in total. The summed E-state index contributed by atoms with van der Waals surface area (Å²) >= 11 is 0. The summed E-state index contributed by atoms with van der Waals surface area (Å²) in [7, 11) is 0. The van der Waals surface area contributed by atoms with E-state index in [4.69, 9.17) is 0 Å². The van der Waals surface area contributed by atoms with Crippen molar-refractivity contribution in [3.63, 3.8) is 0 Å². The maximum atomic E-state index is 12.9. The second-order valence-electron chi connectivity index (χ2n) is 4.06. The van der Waals surface area contributed by atoms with Crippen LogP contribution >= 0.6 is 0 Å². The van der Waals surface area contributed by atoms with E-state index < -0.39 is 0 Å². The molecule has 0 aliphatic heterocycles. The van der Waals surface area contributed by atoms with E-state index >= 15 is 0 Å². The molecule has 3 aromatic rings. The molecule has 0 aliphatic rings. The first-order valence-electron chi connectivity index (χ1n) is 5.49. The van der Waals surface area contributed by atoms with Gasteiger partial charge in [-0.3, -0.25) is 9.89 Å². The van der Waals surface area contributed by atoms with Gasteiger partial charge in [-0.15, -0.1) is 0 Å². The minimum absolute atomic E-state index is 0. The molecule has 2 heterocycles. The van der Waals surface area contributed by atoms with Gasteiger partial charge in [0.1, 0.15) is 5.82 Å². The van der Waals surface area contributed by atoms with Crippen molar-refractivity contribution < 1.29 is 4.39 Å². The summed E-state index contributed by atoms with van der Waals surface area (Å²) in [6, 6.07) is 7.51. The van der Waals surface area contributed by atoms with Crippen LogP contribution in [0, 0.1) is 12.7 Å². The third-order valence-corrected chi connectivity index (χ3v) is 2.86. The molecule has 0 atom stereocenters. The Morgan fingerprint density at radius 1 is 1.21 bits per heavy atom.